The molecule has 0 N–H and O–H groups in total. The summed E-state index contributed by atoms with van der Waals surface area (Å²) < 4.78 is 16.0. The molecule has 0 bridgehead atoms. The second-order valence-electron chi connectivity index (χ2n) is 5.16. The van der Waals surface area contributed by atoms with E-state index in [4.69, 9.17) is 23.2 Å². The summed E-state index contributed by atoms with van der Waals surface area (Å²) in [6.45, 7) is 2.17. The van der Waals surface area contributed by atoms with Gasteiger partial charge in [0.25, 0.3) is 0 Å². The van der Waals surface area contributed by atoms with Gasteiger partial charge < -0.3 is 0 Å². The molecule has 2 heterocycles. The summed E-state index contributed by atoms with van der Waals surface area (Å²) >= 11 is 12.3. The molecule has 0 radical (unpaired) electrons. The summed E-state index contributed by atoms with van der Waals surface area (Å²) in [6, 6.07) is 2.57. The van der Waals surface area contributed by atoms with Crippen LogP contribution >= 0.6 is 23.2 Å². The highest BCUT2D eigenvalue weighted by Gasteiger charge is 2.23. The molecule has 3 nitrogen and oxygen atoms in total. The van der Waals surface area contributed by atoms with Gasteiger partial charge in [-0.2, -0.15) is 5.10 Å². The van der Waals surface area contributed by atoms with E-state index in [-0.39, 0.29) is 21.9 Å². The van der Waals surface area contributed by atoms with Gasteiger partial charge in [0.1, 0.15) is 11.5 Å². The third-order valence-corrected chi connectivity index (χ3v) is 4.43. The van der Waals surface area contributed by atoms with Gasteiger partial charge in [-0.25, -0.2) is 4.39 Å². The fourth-order valence-corrected chi connectivity index (χ4v) is 3.24. The number of hydrogen-bond acceptors (Lipinski definition) is 2. The molecule has 1 aliphatic heterocycles. The molecule has 21 heavy (non-hydrogen) atoms. The summed E-state index contributed by atoms with van der Waals surface area (Å²) in [4.78, 5) is 11.6. The molecule has 3 rings (SSSR count). The Morgan fingerprint density at radius 1 is 1.33 bits per heavy atom. The predicted octanol–water partition coefficient (Wildman–Crippen LogP) is 4.53. The van der Waals surface area contributed by atoms with E-state index in [0.717, 1.165) is 37.6 Å². The third kappa shape index (κ3) is 2.47. The molecule has 1 aromatic carbocycles. The first kappa shape index (κ1) is 14.5. The fraction of sp³-hybridized carbons (Fsp3) is 0.333. The van der Waals surface area contributed by atoms with Crippen molar-refractivity contribution in [2.45, 2.75) is 32.7 Å². The lowest BCUT2D eigenvalue weighted by Gasteiger charge is -2.12. The molecule has 0 amide bonds. The van der Waals surface area contributed by atoms with Crippen LogP contribution in [-0.4, -0.2) is 15.6 Å². The van der Waals surface area contributed by atoms with Crippen LogP contribution in [0.5, 0.6) is 0 Å². The van der Waals surface area contributed by atoms with Crippen LogP contribution in [-0.2, 0) is 13.0 Å². The van der Waals surface area contributed by atoms with Gasteiger partial charge in [0, 0.05) is 17.7 Å². The lowest BCUT2D eigenvalue weighted by atomic mass is 10.0. The molecule has 0 atom stereocenters. The second-order valence-corrected chi connectivity index (χ2v) is 5.94. The Morgan fingerprint density at radius 2 is 2.10 bits per heavy atom. The monoisotopic (exact) mass is 326 g/mol. The Bertz CT molecular complexity index is 740. The zero-order valence-electron chi connectivity index (χ0n) is 11.4. The van der Waals surface area contributed by atoms with Gasteiger partial charge in [0.15, 0.2) is 5.78 Å². The number of aromatic nitrogens is 2. The standard InChI is InChI=1S/C15H13Cl2FN2O/c1-8(21)9-6-10(12(18)7-11(9)16)15-14(17)13-4-2-3-5-20(13)19-15/h6-7H,2-5H2,1H3. The number of halogens is 3. The normalized spacial score (nSPS) is 14.1. The third-order valence-electron chi connectivity index (χ3n) is 3.72. The van der Waals surface area contributed by atoms with Crippen molar-refractivity contribution in [3.05, 3.63) is 39.3 Å². The van der Waals surface area contributed by atoms with Crippen LogP contribution in [0.1, 0.15) is 35.8 Å². The largest absolute Gasteiger partial charge is 0.294 e. The number of benzene rings is 1. The number of ketones is 1. The zero-order valence-corrected chi connectivity index (χ0v) is 12.9. The number of fused-ring (bicyclic) bond motifs is 1. The maximum Gasteiger partial charge on any atom is 0.161 e. The Hall–Kier alpha value is -1.39. The smallest absolute Gasteiger partial charge is 0.161 e. The first-order valence-corrected chi connectivity index (χ1v) is 7.50. The van der Waals surface area contributed by atoms with Crippen LogP contribution in [0.2, 0.25) is 10.0 Å². The Morgan fingerprint density at radius 3 is 2.76 bits per heavy atom. The van der Waals surface area contributed by atoms with Crippen molar-refractivity contribution < 1.29 is 9.18 Å². The Kier molecular flexibility index (Phi) is 3.76. The van der Waals surface area contributed by atoms with Crippen LogP contribution < -0.4 is 0 Å². The molecular weight excluding hydrogens is 314 g/mol. The van der Waals surface area contributed by atoms with Crippen molar-refractivity contribution in [1.29, 1.82) is 0 Å². The maximum absolute atomic E-state index is 14.2. The van der Waals surface area contributed by atoms with Crippen molar-refractivity contribution in [3.8, 4) is 11.3 Å². The van der Waals surface area contributed by atoms with E-state index in [2.05, 4.69) is 5.10 Å². The van der Waals surface area contributed by atoms with Crippen LogP contribution in [0.15, 0.2) is 12.1 Å². The van der Waals surface area contributed by atoms with Crippen LogP contribution in [0, 0.1) is 5.82 Å². The molecule has 0 saturated carbocycles. The molecule has 0 spiro atoms. The number of Topliss-reactive ketones (excluding diaryl/α,β-unsaturated/α-hetero) is 1. The maximum atomic E-state index is 14.2. The molecule has 6 heteroatoms. The molecule has 0 fully saturated rings. The lowest BCUT2D eigenvalue weighted by molar-refractivity contribution is 0.101. The van der Waals surface area contributed by atoms with Crippen molar-refractivity contribution in [2.75, 3.05) is 0 Å². The molecular formula is C15H13Cl2FN2O. The minimum Gasteiger partial charge on any atom is -0.294 e. The van der Waals surface area contributed by atoms with Crippen molar-refractivity contribution in [2.24, 2.45) is 0 Å². The summed E-state index contributed by atoms with van der Waals surface area (Å²) in [5.74, 6) is -0.747. The van der Waals surface area contributed by atoms with Gasteiger partial charge in [-0.15, -0.1) is 0 Å². The molecule has 2 aromatic rings. The van der Waals surface area contributed by atoms with E-state index in [9.17, 15) is 9.18 Å². The van der Waals surface area contributed by atoms with E-state index >= 15 is 0 Å². The van der Waals surface area contributed by atoms with Gasteiger partial charge in [-0.05, 0) is 38.3 Å². The highest BCUT2D eigenvalue weighted by molar-refractivity contribution is 6.35. The first-order chi connectivity index (χ1) is 9.99. The van der Waals surface area contributed by atoms with Gasteiger partial charge >= 0.3 is 0 Å². The average Bonchev–Trinajstić information content (AvgIpc) is 2.76. The van der Waals surface area contributed by atoms with Crippen LogP contribution in [0.3, 0.4) is 0 Å². The predicted molar refractivity (Wildman–Crippen MR) is 80.6 cm³/mol. The molecule has 110 valence electrons. The van der Waals surface area contributed by atoms with E-state index < -0.39 is 5.82 Å². The van der Waals surface area contributed by atoms with Gasteiger partial charge in [0.05, 0.1) is 15.7 Å². The Balaban J connectivity index is 2.19. The summed E-state index contributed by atoms with van der Waals surface area (Å²) in [6.07, 6.45) is 2.92. The minimum atomic E-state index is -0.526. The second kappa shape index (κ2) is 5.43. The van der Waals surface area contributed by atoms with Gasteiger partial charge in [0.2, 0.25) is 0 Å². The van der Waals surface area contributed by atoms with Crippen LogP contribution in [0.4, 0.5) is 4.39 Å². The highest BCUT2D eigenvalue weighted by Crippen LogP contribution is 2.36. The number of rotatable bonds is 2. The lowest BCUT2D eigenvalue weighted by Crippen LogP contribution is -2.10. The minimum absolute atomic E-state index is 0.101. The average molecular weight is 327 g/mol. The summed E-state index contributed by atoms with van der Waals surface area (Å²) in [5.41, 5.74) is 1.80. The molecule has 0 unspecified atom stereocenters. The molecule has 1 aromatic heterocycles. The van der Waals surface area contributed by atoms with E-state index in [1.54, 1.807) is 0 Å². The SMILES string of the molecule is CC(=O)c1cc(-c2nn3c(c2Cl)CCCC3)c(F)cc1Cl. The van der Waals surface area contributed by atoms with Crippen molar-refractivity contribution in [1.82, 2.24) is 9.78 Å². The fourth-order valence-electron chi connectivity index (χ4n) is 2.63. The number of hydrogen-bond donors (Lipinski definition) is 0. The number of carbonyl (C=O) groups excluding carboxylic acids is 1. The molecule has 0 aliphatic carbocycles. The van der Waals surface area contributed by atoms with Crippen molar-refractivity contribution >= 4 is 29.0 Å². The highest BCUT2D eigenvalue weighted by atomic mass is 35.5. The Labute approximate surface area is 131 Å². The van der Waals surface area contributed by atoms with E-state index in [1.807, 2.05) is 4.68 Å². The number of aryl methyl sites for hydroxylation is 1. The zero-order chi connectivity index (χ0) is 15.1. The first-order valence-electron chi connectivity index (χ1n) is 6.74. The topological polar surface area (TPSA) is 34.9 Å². The van der Waals surface area contributed by atoms with E-state index in [0.29, 0.717) is 10.7 Å². The number of carbonyl (C=O) groups is 1. The molecule has 1 aliphatic rings. The summed E-state index contributed by atoms with van der Waals surface area (Å²) in [7, 11) is 0. The molecule has 0 saturated heterocycles. The quantitative estimate of drug-likeness (QED) is 0.759. The van der Waals surface area contributed by atoms with Gasteiger partial charge in [-0.1, -0.05) is 23.2 Å². The number of nitrogens with zero attached hydrogens (tertiary/aromatic N) is 2. The van der Waals surface area contributed by atoms with E-state index in [1.165, 1.54) is 13.0 Å². The van der Waals surface area contributed by atoms with Crippen LogP contribution in [0.25, 0.3) is 11.3 Å². The summed E-state index contributed by atoms with van der Waals surface area (Å²) in [5, 5.41) is 4.97. The van der Waals surface area contributed by atoms with Crippen molar-refractivity contribution in [3.63, 3.8) is 0 Å². The van der Waals surface area contributed by atoms with Gasteiger partial charge in [-0.3, -0.25) is 9.48 Å².